The molecule has 0 aromatic heterocycles. The molecule has 3 nitrogen and oxygen atoms in total. The Kier molecular flexibility index (Phi) is 7.22. The molecule has 0 saturated heterocycles. The summed E-state index contributed by atoms with van der Waals surface area (Å²) in [6.45, 7) is 2.98. The van der Waals surface area contributed by atoms with E-state index in [1.165, 1.54) is 23.3 Å². The van der Waals surface area contributed by atoms with E-state index in [1.807, 2.05) is 6.26 Å². The lowest BCUT2D eigenvalue weighted by Crippen LogP contribution is -2.20. The van der Waals surface area contributed by atoms with Crippen molar-refractivity contribution in [1.82, 2.24) is 10.0 Å². The van der Waals surface area contributed by atoms with Gasteiger partial charge in [0.2, 0.25) is 0 Å². The molecular formula is C17H21FN2OS. The lowest BCUT2D eigenvalue weighted by Gasteiger charge is -2.08. The van der Waals surface area contributed by atoms with Gasteiger partial charge in [0, 0.05) is 19.6 Å². The predicted molar refractivity (Wildman–Crippen MR) is 90.4 cm³/mol. The molecule has 0 unspecified atom stereocenters. The summed E-state index contributed by atoms with van der Waals surface area (Å²) in [6, 6.07) is 14.6. The van der Waals surface area contributed by atoms with Crippen molar-refractivity contribution in [2.75, 3.05) is 19.4 Å². The number of ether oxygens (including phenoxy) is 1. The van der Waals surface area contributed by atoms with Crippen molar-refractivity contribution in [2.45, 2.75) is 13.1 Å². The first kappa shape index (κ1) is 16.8. The summed E-state index contributed by atoms with van der Waals surface area (Å²) in [5.41, 5.74) is 2.52. The molecule has 0 bridgehead atoms. The van der Waals surface area contributed by atoms with Crippen molar-refractivity contribution in [3.63, 3.8) is 0 Å². The van der Waals surface area contributed by atoms with Crippen LogP contribution in [0, 0.1) is 5.82 Å². The largest absolute Gasteiger partial charge is 0.492 e. The van der Waals surface area contributed by atoms with Gasteiger partial charge in [0.25, 0.3) is 0 Å². The first-order valence-corrected chi connectivity index (χ1v) is 8.43. The molecule has 2 N–H and O–H groups in total. The minimum atomic E-state index is -0.248. The van der Waals surface area contributed by atoms with Gasteiger partial charge in [-0.2, -0.15) is 0 Å². The van der Waals surface area contributed by atoms with Gasteiger partial charge in [-0.05, 0) is 41.6 Å². The minimum absolute atomic E-state index is 0.248. The Labute approximate surface area is 135 Å². The van der Waals surface area contributed by atoms with Crippen molar-refractivity contribution in [3.8, 4) is 5.75 Å². The average molecular weight is 320 g/mol. The number of hydrogen-bond acceptors (Lipinski definition) is 4. The molecule has 0 amide bonds. The highest BCUT2D eigenvalue weighted by Gasteiger charge is 1.97. The fourth-order valence-electron chi connectivity index (χ4n) is 1.94. The molecule has 0 aliphatic carbocycles. The van der Waals surface area contributed by atoms with Crippen molar-refractivity contribution in [2.24, 2.45) is 0 Å². The molecule has 0 atom stereocenters. The third-order valence-corrected chi connectivity index (χ3v) is 3.57. The lowest BCUT2D eigenvalue weighted by atomic mass is 10.1. The van der Waals surface area contributed by atoms with Crippen molar-refractivity contribution < 1.29 is 9.13 Å². The van der Waals surface area contributed by atoms with Crippen LogP contribution in [0.5, 0.6) is 5.75 Å². The maximum Gasteiger partial charge on any atom is 0.123 e. The molecule has 0 saturated carbocycles. The summed E-state index contributed by atoms with van der Waals surface area (Å²) in [6.07, 6.45) is 2.02. The maximum atomic E-state index is 12.7. The standard InChI is InChI=1S/C17H21FN2OS/c1-22-20-13-15-4-2-14(3-5-15)12-19-10-11-21-17-8-6-16(18)7-9-17/h2-9,19-20H,10-13H2,1H3. The van der Waals surface area contributed by atoms with Crippen LogP contribution in [0.4, 0.5) is 4.39 Å². The first-order chi connectivity index (χ1) is 10.8. The number of rotatable bonds is 9. The van der Waals surface area contributed by atoms with Crippen LogP contribution in [-0.4, -0.2) is 19.4 Å². The second-order valence-electron chi connectivity index (χ2n) is 4.82. The molecule has 0 heterocycles. The molecule has 22 heavy (non-hydrogen) atoms. The number of benzene rings is 2. The second kappa shape index (κ2) is 9.46. The van der Waals surface area contributed by atoms with Crippen LogP contribution in [0.3, 0.4) is 0 Å². The molecule has 5 heteroatoms. The summed E-state index contributed by atoms with van der Waals surface area (Å²) < 4.78 is 21.5. The highest BCUT2D eigenvalue weighted by atomic mass is 32.2. The number of nitrogens with one attached hydrogen (secondary N) is 2. The molecule has 0 radical (unpaired) electrons. The predicted octanol–water partition coefficient (Wildman–Crippen LogP) is 3.36. The summed E-state index contributed by atoms with van der Waals surface area (Å²) in [7, 11) is 0. The quantitative estimate of drug-likeness (QED) is 0.548. The third kappa shape index (κ3) is 6.05. The smallest absolute Gasteiger partial charge is 0.123 e. The van der Waals surface area contributed by atoms with Gasteiger partial charge >= 0.3 is 0 Å². The normalized spacial score (nSPS) is 10.6. The topological polar surface area (TPSA) is 33.3 Å². The highest BCUT2D eigenvalue weighted by molar-refractivity contribution is 7.96. The molecular weight excluding hydrogens is 299 g/mol. The van der Waals surface area contributed by atoms with Crippen molar-refractivity contribution in [1.29, 1.82) is 0 Å². The summed E-state index contributed by atoms with van der Waals surface area (Å²) >= 11 is 1.62. The van der Waals surface area contributed by atoms with Crippen LogP contribution in [0.1, 0.15) is 11.1 Å². The van der Waals surface area contributed by atoms with Crippen LogP contribution in [-0.2, 0) is 13.1 Å². The Hall–Kier alpha value is -1.56. The van der Waals surface area contributed by atoms with Crippen LogP contribution in [0.25, 0.3) is 0 Å². The Bertz CT molecular complexity index is 546. The van der Waals surface area contributed by atoms with Crippen LogP contribution in [0.2, 0.25) is 0 Å². The van der Waals surface area contributed by atoms with Crippen LogP contribution in [0.15, 0.2) is 48.5 Å². The molecule has 118 valence electrons. The van der Waals surface area contributed by atoms with E-state index in [4.69, 9.17) is 4.74 Å². The fourth-order valence-corrected chi connectivity index (χ4v) is 2.25. The van der Waals surface area contributed by atoms with E-state index in [0.29, 0.717) is 12.4 Å². The molecule has 0 spiro atoms. The minimum Gasteiger partial charge on any atom is -0.492 e. The van der Waals surface area contributed by atoms with E-state index in [1.54, 1.807) is 24.1 Å². The van der Waals surface area contributed by atoms with E-state index in [2.05, 4.69) is 34.3 Å². The molecule has 0 aliphatic rings. The maximum absolute atomic E-state index is 12.7. The van der Waals surface area contributed by atoms with E-state index >= 15 is 0 Å². The zero-order valence-corrected chi connectivity index (χ0v) is 13.5. The van der Waals surface area contributed by atoms with Crippen molar-refractivity contribution >= 4 is 11.9 Å². The third-order valence-electron chi connectivity index (χ3n) is 3.13. The number of halogens is 1. The SMILES string of the molecule is CSNCc1ccc(CNCCOc2ccc(F)cc2)cc1. The van der Waals surface area contributed by atoms with Gasteiger partial charge in [-0.1, -0.05) is 36.2 Å². The molecule has 2 aromatic carbocycles. The zero-order valence-electron chi connectivity index (χ0n) is 12.6. The Morgan fingerprint density at radius 2 is 1.59 bits per heavy atom. The van der Waals surface area contributed by atoms with E-state index < -0.39 is 0 Å². The second-order valence-corrected chi connectivity index (χ2v) is 5.52. The van der Waals surface area contributed by atoms with Crippen LogP contribution >= 0.6 is 11.9 Å². The van der Waals surface area contributed by atoms with E-state index in [9.17, 15) is 4.39 Å². The van der Waals surface area contributed by atoms with E-state index in [-0.39, 0.29) is 5.82 Å². The van der Waals surface area contributed by atoms with Gasteiger partial charge in [-0.15, -0.1) is 0 Å². The Morgan fingerprint density at radius 1 is 0.955 bits per heavy atom. The van der Waals surface area contributed by atoms with E-state index in [0.717, 1.165) is 19.6 Å². The fraction of sp³-hybridized carbons (Fsp3) is 0.294. The Morgan fingerprint density at radius 3 is 2.23 bits per heavy atom. The average Bonchev–Trinajstić information content (AvgIpc) is 2.55. The molecule has 2 aromatic rings. The highest BCUT2D eigenvalue weighted by Crippen LogP contribution is 2.10. The molecule has 0 fully saturated rings. The summed E-state index contributed by atoms with van der Waals surface area (Å²) in [5, 5.41) is 3.33. The molecule has 0 aliphatic heterocycles. The van der Waals surface area contributed by atoms with Gasteiger partial charge in [0.1, 0.15) is 18.2 Å². The summed E-state index contributed by atoms with van der Waals surface area (Å²) in [5.74, 6) is 0.440. The first-order valence-electron chi connectivity index (χ1n) is 7.20. The van der Waals surface area contributed by atoms with Gasteiger partial charge in [0.05, 0.1) is 0 Å². The zero-order chi connectivity index (χ0) is 15.6. The van der Waals surface area contributed by atoms with Crippen molar-refractivity contribution in [3.05, 3.63) is 65.5 Å². The van der Waals surface area contributed by atoms with Gasteiger partial charge < -0.3 is 10.1 Å². The van der Waals surface area contributed by atoms with Gasteiger partial charge in [0.15, 0.2) is 0 Å². The number of hydrogen-bond donors (Lipinski definition) is 2. The van der Waals surface area contributed by atoms with Gasteiger partial charge in [-0.3, -0.25) is 4.72 Å². The lowest BCUT2D eigenvalue weighted by molar-refractivity contribution is 0.313. The van der Waals surface area contributed by atoms with Crippen LogP contribution < -0.4 is 14.8 Å². The molecule has 2 rings (SSSR count). The summed E-state index contributed by atoms with van der Waals surface area (Å²) in [4.78, 5) is 0. The monoisotopic (exact) mass is 320 g/mol. The van der Waals surface area contributed by atoms with Gasteiger partial charge in [-0.25, -0.2) is 4.39 Å². The Balaban J connectivity index is 1.63.